The number of thiazole rings is 1. The van der Waals surface area contributed by atoms with Crippen molar-refractivity contribution in [2.45, 2.75) is 25.4 Å². The first-order valence-electron chi connectivity index (χ1n) is 5.31. The van der Waals surface area contributed by atoms with Crippen molar-refractivity contribution in [3.63, 3.8) is 0 Å². The van der Waals surface area contributed by atoms with Gasteiger partial charge in [-0.2, -0.15) is 0 Å². The molecule has 0 aliphatic heterocycles. The van der Waals surface area contributed by atoms with Crippen molar-refractivity contribution < 1.29 is 14.7 Å². The van der Waals surface area contributed by atoms with Gasteiger partial charge in [0.1, 0.15) is 11.6 Å². The molecule has 0 radical (unpaired) electrons. The molecule has 1 fully saturated rings. The van der Waals surface area contributed by atoms with E-state index in [-0.39, 0.29) is 18.6 Å². The molecule has 92 valence electrons. The Kier molecular flexibility index (Phi) is 3.58. The Bertz CT molecular complexity index is 403. The number of carbonyl (C=O) groups is 2. The highest BCUT2D eigenvalue weighted by Crippen LogP contribution is 2.26. The minimum absolute atomic E-state index is 0.0856. The second-order valence-corrected chi connectivity index (χ2v) is 4.82. The summed E-state index contributed by atoms with van der Waals surface area (Å²) in [6, 6.07) is -0.243. The molecule has 1 aromatic rings. The zero-order valence-corrected chi connectivity index (χ0v) is 9.94. The van der Waals surface area contributed by atoms with Crippen molar-refractivity contribution in [1.82, 2.24) is 15.2 Å². The zero-order valence-electron chi connectivity index (χ0n) is 9.13. The van der Waals surface area contributed by atoms with E-state index >= 15 is 0 Å². The molecular weight excluding hydrogens is 242 g/mol. The lowest BCUT2D eigenvalue weighted by atomic mass is 10.5. The third kappa shape index (κ3) is 3.42. The number of hydrogen-bond acceptors (Lipinski definition) is 4. The van der Waals surface area contributed by atoms with Gasteiger partial charge in [-0.1, -0.05) is 0 Å². The molecule has 6 nitrogen and oxygen atoms in total. The Balaban J connectivity index is 1.85. The molecule has 7 heteroatoms. The lowest BCUT2D eigenvalue weighted by Gasteiger charge is -2.20. The maximum absolute atomic E-state index is 11.8. The molecule has 1 aliphatic rings. The Morgan fingerprint density at radius 1 is 1.59 bits per heavy atom. The van der Waals surface area contributed by atoms with Gasteiger partial charge < -0.3 is 15.3 Å². The van der Waals surface area contributed by atoms with Crippen molar-refractivity contribution >= 4 is 23.3 Å². The average molecular weight is 255 g/mol. The normalized spacial score (nSPS) is 14.4. The van der Waals surface area contributed by atoms with E-state index in [9.17, 15) is 9.59 Å². The summed E-state index contributed by atoms with van der Waals surface area (Å²) < 4.78 is 0. The summed E-state index contributed by atoms with van der Waals surface area (Å²) in [4.78, 5) is 27.8. The van der Waals surface area contributed by atoms with Gasteiger partial charge in [0.15, 0.2) is 0 Å². The number of rotatable bonds is 5. The Labute approximate surface area is 102 Å². The summed E-state index contributed by atoms with van der Waals surface area (Å²) in [6.07, 6.45) is 3.44. The fraction of sp³-hybridized carbons (Fsp3) is 0.500. The van der Waals surface area contributed by atoms with Gasteiger partial charge >= 0.3 is 12.0 Å². The smallest absolute Gasteiger partial charge is 0.323 e. The maximum Gasteiger partial charge on any atom is 0.323 e. The molecule has 0 saturated heterocycles. The van der Waals surface area contributed by atoms with Crippen LogP contribution in [-0.2, 0) is 11.3 Å². The average Bonchev–Trinajstić information content (AvgIpc) is 2.99. The lowest BCUT2D eigenvalue weighted by molar-refractivity contribution is -0.137. The zero-order chi connectivity index (χ0) is 12.3. The second-order valence-electron chi connectivity index (χ2n) is 3.84. The van der Waals surface area contributed by atoms with Gasteiger partial charge in [0.2, 0.25) is 0 Å². The monoisotopic (exact) mass is 255 g/mol. The van der Waals surface area contributed by atoms with Crippen molar-refractivity contribution in [3.05, 3.63) is 16.6 Å². The first-order chi connectivity index (χ1) is 8.16. The summed E-state index contributed by atoms with van der Waals surface area (Å²) in [6.45, 7) is 0.105. The Hall–Kier alpha value is -1.63. The molecule has 1 aliphatic carbocycles. The van der Waals surface area contributed by atoms with Gasteiger partial charge in [0, 0.05) is 17.6 Å². The van der Waals surface area contributed by atoms with Crippen molar-refractivity contribution in [1.29, 1.82) is 0 Å². The molecule has 0 aromatic carbocycles. The fourth-order valence-corrected chi connectivity index (χ4v) is 2.05. The predicted octanol–water partition coefficient (Wildman–Crippen LogP) is 0.902. The van der Waals surface area contributed by atoms with Crippen LogP contribution in [0.2, 0.25) is 0 Å². The number of aromatic nitrogens is 1. The van der Waals surface area contributed by atoms with Crippen LogP contribution >= 0.6 is 11.3 Å². The van der Waals surface area contributed by atoms with E-state index in [1.54, 1.807) is 6.20 Å². The fourth-order valence-electron chi connectivity index (χ4n) is 1.49. The van der Waals surface area contributed by atoms with Gasteiger partial charge in [-0.25, -0.2) is 9.78 Å². The number of carboxylic acid groups (broad SMARTS) is 1. The van der Waals surface area contributed by atoms with Crippen LogP contribution in [0.5, 0.6) is 0 Å². The molecule has 1 saturated carbocycles. The molecule has 1 heterocycles. The number of nitrogens with zero attached hydrogens (tertiary/aromatic N) is 2. The van der Waals surface area contributed by atoms with E-state index in [0.29, 0.717) is 6.54 Å². The minimum Gasteiger partial charge on any atom is -0.480 e. The summed E-state index contributed by atoms with van der Waals surface area (Å²) in [5.41, 5.74) is 0. The molecule has 0 spiro atoms. The van der Waals surface area contributed by atoms with Crippen LogP contribution in [-0.4, -0.2) is 39.6 Å². The van der Waals surface area contributed by atoms with Crippen LogP contribution in [0.25, 0.3) is 0 Å². The topological polar surface area (TPSA) is 82.5 Å². The first-order valence-corrected chi connectivity index (χ1v) is 6.19. The SMILES string of the molecule is O=C(O)CN(C(=O)NCc1nccs1)C1CC1. The van der Waals surface area contributed by atoms with Crippen LogP contribution < -0.4 is 5.32 Å². The molecule has 2 N–H and O–H groups in total. The van der Waals surface area contributed by atoms with E-state index < -0.39 is 5.97 Å². The Morgan fingerprint density at radius 2 is 2.35 bits per heavy atom. The summed E-state index contributed by atoms with van der Waals surface area (Å²) in [7, 11) is 0. The number of amides is 2. The quantitative estimate of drug-likeness (QED) is 0.819. The highest BCUT2D eigenvalue weighted by atomic mass is 32.1. The van der Waals surface area contributed by atoms with E-state index in [1.807, 2.05) is 5.38 Å². The van der Waals surface area contributed by atoms with E-state index in [0.717, 1.165) is 17.8 Å². The number of aliphatic carboxylic acids is 1. The highest BCUT2D eigenvalue weighted by molar-refractivity contribution is 7.09. The third-order valence-corrected chi connectivity index (χ3v) is 3.21. The summed E-state index contributed by atoms with van der Waals surface area (Å²) >= 11 is 1.45. The van der Waals surface area contributed by atoms with Gasteiger partial charge in [-0.15, -0.1) is 11.3 Å². The maximum atomic E-state index is 11.8. The van der Waals surface area contributed by atoms with Crippen molar-refractivity contribution in [2.75, 3.05) is 6.54 Å². The standard InChI is InChI=1S/C10H13N3O3S/c14-9(15)6-13(7-1-2-7)10(16)12-5-8-11-3-4-17-8/h3-4,7H,1-2,5-6H2,(H,12,16)(H,14,15). The third-order valence-electron chi connectivity index (χ3n) is 2.43. The van der Waals surface area contributed by atoms with Crippen LogP contribution in [0.3, 0.4) is 0 Å². The molecule has 0 unspecified atom stereocenters. The van der Waals surface area contributed by atoms with E-state index in [2.05, 4.69) is 10.3 Å². The van der Waals surface area contributed by atoms with Crippen LogP contribution in [0.4, 0.5) is 4.79 Å². The molecule has 2 rings (SSSR count). The van der Waals surface area contributed by atoms with Crippen molar-refractivity contribution in [2.24, 2.45) is 0 Å². The molecule has 0 atom stereocenters. The van der Waals surface area contributed by atoms with Gasteiger partial charge in [-0.05, 0) is 12.8 Å². The number of carbonyl (C=O) groups excluding carboxylic acids is 1. The Morgan fingerprint density at radius 3 is 2.88 bits per heavy atom. The van der Waals surface area contributed by atoms with E-state index in [4.69, 9.17) is 5.11 Å². The summed E-state index contributed by atoms with van der Waals surface area (Å²) in [5, 5.41) is 14.1. The summed E-state index contributed by atoms with van der Waals surface area (Å²) in [5.74, 6) is -0.985. The lowest BCUT2D eigenvalue weighted by Crippen LogP contribution is -2.43. The molecular formula is C10H13N3O3S. The van der Waals surface area contributed by atoms with Gasteiger partial charge in [0.05, 0.1) is 6.54 Å². The highest BCUT2D eigenvalue weighted by Gasteiger charge is 2.33. The molecule has 0 bridgehead atoms. The second kappa shape index (κ2) is 5.13. The molecule has 2 amide bonds. The predicted molar refractivity (Wildman–Crippen MR) is 61.7 cm³/mol. The number of carboxylic acids is 1. The largest absolute Gasteiger partial charge is 0.480 e. The molecule has 17 heavy (non-hydrogen) atoms. The number of hydrogen-bond donors (Lipinski definition) is 2. The van der Waals surface area contributed by atoms with Gasteiger partial charge in [-0.3, -0.25) is 4.79 Å². The number of nitrogens with one attached hydrogen (secondary N) is 1. The van der Waals surface area contributed by atoms with Gasteiger partial charge in [0.25, 0.3) is 0 Å². The minimum atomic E-state index is -0.985. The van der Waals surface area contributed by atoms with E-state index in [1.165, 1.54) is 16.2 Å². The first kappa shape index (κ1) is 11.8. The number of urea groups is 1. The van der Waals surface area contributed by atoms with Crippen LogP contribution in [0.15, 0.2) is 11.6 Å². The van der Waals surface area contributed by atoms with Crippen LogP contribution in [0.1, 0.15) is 17.8 Å². The van der Waals surface area contributed by atoms with Crippen LogP contribution in [0, 0.1) is 0 Å². The van der Waals surface area contributed by atoms with Crippen molar-refractivity contribution in [3.8, 4) is 0 Å². The molecule has 1 aromatic heterocycles.